The Balaban J connectivity index is 2.75. The fraction of sp³-hybridized carbons (Fsp3) is 0.500. The summed E-state index contributed by atoms with van der Waals surface area (Å²) in [7, 11) is 2.06. The van der Waals surface area contributed by atoms with Crippen molar-refractivity contribution in [1.82, 2.24) is 4.90 Å². The predicted octanol–water partition coefficient (Wildman–Crippen LogP) is 2.13. The molecular formula is C12H19FN2. The van der Waals surface area contributed by atoms with Gasteiger partial charge < -0.3 is 10.6 Å². The summed E-state index contributed by atoms with van der Waals surface area (Å²) in [5.41, 5.74) is 7.61. The largest absolute Gasteiger partial charge is 0.326 e. The van der Waals surface area contributed by atoms with Gasteiger partial charge in [-0.05, 0) is 43.3 Å². The Morgan fingerprint density at radius 2 is 2.07 bits per heavy atom. The van der Waals surface area contributed by atoms with Crippen LogP contribution in [0.2, 0.25) is 0 Å². The number of nitrogens with zero attached hydrogens (tertiary/aromatic N) is 1. The van der Waals surface area contributed by atoms with Crippen molar-refractivity contribution >= 4 is 0 Å². The zero-order valence-corrected chi connectivity index (χ0v) is 9.46. The molecule has 0 aliphatic rings. The third-order valence-corrected chi connectivity index (χ3v) is 2.43. The summed E-state index contributed by atoms with van der Waals surface area (Å²) in [6, 6.07) is 4.84. The van der Waals surface area contributed by atoms with E-state index in [1.54, 1.807) is 0 Å². The quantitative estimate of drug-likeness (QED) is 0.806. The van der Waals surface area contributed by atoms with Crippen molar-refractivity contribution in [2.45, 2.75) is 26.4 Å². The lowest BCUT2D eigenvalue weighted by atomic mass is 10.1. The molecule has 0 aliphatic heterocycles. The second-order valence-electron chi connectivity index (χ2n) is 3.85. The van der Waals surface area contributed by atoms with Gasteiger partial charge in [-0.3, -0.25) is 0 Å². The van der Waals surface area contributed by atoms with Crippen LogP contribution in [0.4, 0.5) is 4.39 Å². The first-order valence-electron chi connectivity index (χ1n) is 5.33. The maximum atomic E-state index is 13.0. The molecule has 0 spiro atoms. The molecule has 3 heteroatoms. The van der Waals surface area contributed by atoms with Crippen LogP contribution >= 0.6 is 0 Å². The Morgan fingerprint density at radius 3 is 2.67 bits per heavy atom. The van der Waals surface area contributed by atoms with Crippen molar-refractivity contribution in [2.24, 2.45) is 5.73 Å². The van der Waals surface area contributed by atoms with Gasteiger partial charge in [-0.25, -0.2) is 4.39 Å². The van der Waals surface area contributed by atoms with Crippen LogP contribution in [-0.4, -0.2) is 18.5 Å². The summed E-state index contributed by atoms with van der Waals surface area (Å²) in [4.78, 5) is 2.21. The second-order valence-corrected chi connectivity index (χ2v) is 3.85. The van der Waals surface area contributed by atoms with Crippen LogP contribution in [0.1, 0.15) is 24.5 Å². The van der Waals surface area contributed by atoms with E-state index >= 15 is 0 Å². The smallest absolute Gasteiger partial charge is 0.123 e. The predicted molar refractivity (Wildman–Crippen MR) is 60.9 cm³/mol. The zero-order valence-electron chi connectivity index (χ0n) is 9.46. The lowest BCUT2D eigenvalue weighted by Crippen LogP contribution is -2.20. The van der Waals surface area contributed by atoms with Crippen molar-refractivity contribution in [3.8, 4) is 0 Å². The van der Waals surface area contributed by atoms with Gasteiger partial charge in [-0.1, -0.05) is 13.0 Å². The SMILES string of the molecule is CCCN(C)Cc1ccc(F)cc1CN. The molecule has 0 aromatic heterocycles. The summed E-state index contributed by atoms with van der Waals surface area (Å²) in [5.74, 6) is -0.211. The van der Waals surface area contributed by atoms with E-state index in [4.69, 9.17) is 5.73 Å². The number of hydrogen-bond donors (Lipinski definition) is 1. The van der Waals surface area contributed by atoms with Crippen LogP contribution in [-0.2, 0) is 13.1 Å². The molecule has 0 bridgehead atoms. The van der Waals surface area contributed by atoms with Crippen LogP contribution in [0, 0.1) is 5.82 Å². The monoisotopic (exact) mass is 210 g/mol. The molecule has 1 aromatic rings. The van der Waals surface area contributed by atoms with Crippen LogP contribution in [0.25, 0.3) is 0 Å². The van der Waals surface area contributed by atoms with Crippen molar-refractivity contribution in [3.63, 3.8) is 0 Å². The molecule has 0 fully saturated rings. The van der Waals surface area contributed by atoms with E-state index in [0.717, 1.165) is 30.6 Å². The van der Waals surface area contributed by atoms with E-state index < -0.39 is 0 Å². The number of hydrogen-bond acceptors (Lipinski definition) is 2. The van der Waals surface area contributed by atoms with Crippen molar-refractivity contribution in [1.29, 1.82) is 0 Å². The van der Waals surface area contributed by atoms with Crippen molar-refractivity contribution < 1.29 is 4.39 Å². The first kappa shape index (κ1) is 12.1. The van der Waals surface area contributed by atoms with Gasteiger partial charge in [-0.15, -0.1) is 0 Å². The molecule has 0 aliphatic carbocycles. The van der Waals surface area contributed by atoms with Gasteiger partial charge in [0, 0.05) is 13.1 Å². The molecule has 2 N–H and O–H groups in total. The number of halogens is 1. The molecule has 0 atom stereocenters. The summed E-state index contributed by atoms with van der Waals surface area (Å²) in [5, 5.41) is 0. The van der Waals surface area contributed by atoms with E-state index in [1.165, 1.54) is 12.1 Å². The molecular weight excluding hydrogens is 191 g/mol. The Labute approximate surface area is 90.9 Å². The molecule has 15 heavy (non-hydrogen) atoms. The van der Waals surface area contributed by atoms with Gasteiger partial charge >= 0.3 is 0 Å². The highest BCUT2D eigenvalue weighted by Gasteiger charge is 2.05. The lowest BCUT2D eigenvalue weighted by Gasteiger charge is -2.17. The van der Waals surface area contributed by atoms with Gasteiger partial charge in [-0.2, -0.15) is 0 Å². The summed E-state index contributed by atoms with van der Waals surface area (Å²) in [6.45, 7) is 4.42. The van der Waals surface area contributed by atoms with E-state index in [-0.39, 0.29) is 5.82 Å². The van der Waals surface area contributed by atoms with E-state index in [9.17, 15) is 4.39 Å². The van der Waals surface area contributed by atoms with E-state index in [0.29, 0.717) is 6.54 Å². The Kier molecular flexibility index (Phi) is 4.72. The molecule has 0 amide bonds. The highest BCUT2D eigenvalue weighted by Crippen LogP contribution is 2.12. The van der Waals surface area contributed by atoms with Crippen molar-refractivity contribution in [2.75, 3.05) is 13.6 Å². The third-order valence-electron chi connectivity index (χ3n) is 2.43. The molecule has 2 nitrogen and oxygen atoms in total. The molecule has 0 heterocycles. The van der Waals surface area contributed by atoms with Gasteiger partial charge in [0.1, 0.15) is 5.82 Å². The Hall–Kier alpha value is -0.930. The van der Waals surface area contributed by atoms with Crippen LogP contribution in [0.5, 0.6) is 0 Å². The number of rotatable bonds is 5. The molecule has 1 aromatic carbocycles. The van der Waals surface area contributed by atoms with Gasteiger partial charge in [0.05, 0.1) is 0 Å². The average Bonchev–Trinajstić information content (AvgIpc) is 2.21. The fourth-order valence-corrected chi connectivity index (χ4v) is 1.69. The zero-order chi connectivity index (χ0) is 11.3. The van der Waals surface area contributed by atoms with Gasteiger partial charge in [0.25, 0.3) is 0 Å². The van der Waals surface area contributed by atoms with E-state index in [2.05, 4.69) is 18.9 Å². The van der Waals surface area contributed by atoms with Gasteiger partial charge in [0.2, 0.25) is 0 Å². The fourth-order valence-electron chi connectivity index (χ4n) is 1.69. The maximum Gasteiger partial charge on any atom is 0.123 e. The molecule has 84 valence electrons. The van der Waals surface area contributed by atoms with E-state index in [1.807, 2.05) is 6.07 Å². The maximum absolute atomic E-state index is 13.0. The molecule has 0 radical (unpaired) electrons. The van der Waals surface area contributed by atoms with Crippen LogP contribution in [0.15, 0.2) is 18.2 Å². The molecule has 0 saturated carbocycles. The molecule has 0 unspecified atom stereocenters. The highest BCUT2D eigenvalue weighted by molar-refractivity contribution is 5.27. The standard InChI is InChI=1S/C12H19FN2/c1-3-6-15(2)9-10-4-5-12(13)7-11(10)8-14/h4-5,7H,3,6,8-9,14H2,1-2H3. The number of nitrogens with two attached hydrogens (primary N) is 1. The summed E-state index contributed by atoms with van der Waals surface area (Å²) < 4.78 is 13.0. The number of benzene rings is 1. The lowest BCUT2D eigenvalue weighted by molar-refractivity contribution is 0.326. The minimum Gasteiger partial charge on any atom is -0.326 e. The highest BCUT2D eigenvalue weighted by atomic mass is 19.1. The van der Waals surface area contributed by atoms with Crippen LogP contribution in [0.3, 0.4) is 0 Å². The van der Waals surface area contributed by atoms with Gasteiger partial charge in [0.15, 0.2) is 0 Å². The first-order chi connectivity index (χ1) is 7.17. The minimum absolute atomic E-state index is 0.211. The normalized spacial score (nSPS) is 11.0. The first-order valence-corrected chi connectivity index (χ1v) is 5.33. The summed E-state index contributed by atoms with van der Waals surface area (Å²) >= 11 is 0. The molecule has 1 rings (SSSR count). The molecule has 0 saturated heterocycles. The third kappa shape index (κ3) is 3.61. The Bertz CT molecular complexity index is 312. The van der Waals surface area contributed by atoms with Crippen LogP contribution < -0.4 is 5.73 Å². The Morgan fingerprint density at radius 1 is 1.33 bits per heavy atom. The minimum atomic E-state index is -0.211. The van der Waals surface area contributed by atoms with Crippen molar-refractivity contribution in [3.05, 3.63) is 35.1 Å². The second kappa shape index (κ2) is 5.83. The topological polar surface area (TPSA) is 29.3 Å². The summed E-state index contributed by atoms with van der Waals surface area (Å²) in [6.07, 6.45) is 1.12. The average molecular weight is 210 g/mol.